The van der Waals surface area contributed by atoms with E-state index in [9.17, 15) is 9.83 Å². The molecule has 0 spiro atoms. The van der Waals surface area contributed by atoms with Gasteiger partial charge in [-0.1, -0.05) is 65.7 Å². The van der Waals surface area contributed by atoms with E-state index in [-0.39, 0.29) is 16.9 Å². The number of fused-ring (bicyclic) bond motifs is 1. The highest BCUT2D eigenvalue weighted by Crippen LogP contribution is 2.67. The zero-order valence-electron chi connectivity index (χ0n) is 18.2. The van der Waals surface area contributed by atoms with Crippen LogP contribution in [0.15, 0.2) is 29.7 Å². The Bertz CT molecular complexity index is 822. The molecule has 0 aliphatic carbocycles. The van der Waals surface area contributed by atoms with Crippen LogP contribution >= 0.6 is 7.60 Å². The number of benzene rings is 1. The van der Waals surface area contributed by atoms with Gasteiger partial charge < -0.3 is 19.5 Å². The fourth-order valence-corrected chi connectivity index (χ4v) is 5.42. The molecule has 0 saturated heterocycles. The first-order chi connectivity index (χ1) is 13.7. The summed E-state index contributed by atoms with van der Waals surface area (Å²) >= 11 is 0. The summed E-state index contributed by atoms with van der Waals surface area (Å²) in [5, 5.41) is 9.79. The molecule has 0 amide bonds. The Kier molecular flexibility index (Phi) is 7.94. The van der Waals surface area contributed by atoms with Gasteiger partial charge in [0.15, 0.2) is 0 Å². The van der Waals surface area contributed by atoms with Gasteiger partial charge in [0.25, 0.3) is 0 Å². The minimum atomic E-state index is -3.71. The van der Waals surface area contributed by atoms with Crippen LogP contribution in [0.5, 0.6) is 5.75 Å². The SMILES string of the molecule is CCCCOP(=O)(OCCCC)C1C(C#N)=C(N)Oc2c1cccc2C(C)(C)C. The molecule has 1 unspecified atom stereocenters. The van der Waals surface area contributed by atoms with Gasteiger partial charge in [-0.25, -0.2) is 0 Å². The van der Waals surface area contributed by atoms with Gasteiger partial charge in [-0.3, -0.25) is 4.57 Å². The van der Waals surface area contributed by atoms with E-state index in [4.69, 9.17) is 19.5 Å². The Balaban J connectivity index is 2.62. The van der Waals surface area contributed by atoms with Crippen LogP contribution in [0.4, 0.5) is 0 Å². The van der Waals surface area contributed by atoms with E-state index in [1.165, 1.54) is 0 Å². The van der Waals surface area contributed by atoms with Gasteiger partial charge in [0.1, 0.15) is 23.1 Å². The second-order valence-electron chi connectivity index (χ2n) is 8.28. The van der Waals surface area contributed by atoms with Crippen molar-refractivity contribution in [2.24, 2.45) is 5.73 Å². The molecule has 2 rings (SSSR count). The minimum absolute atomic E-state index is 0.0416. The first-order valence-corrected chi connectivity index (χ1v) is 11.9. The van der Waals surface area contributed by atoms with Crippen molar-refractivity contribution in [2.45, 2.75) is 71.4 Å². The average molecular weight is 420 g/mol. The summed E-state index contributed by atoms with van der Waals surface area (Å²) < 4.78 is 31.6. The van der Waals surface area contributed by atoms with Crippen LogP contribution in [0.3, 0.4) is 0 Å². The molecule has 1 aliphatic rings. The molecule has 1 atom stereocenters. The lowest BCUT2D eigenvalue weighted by Gasteiger charge is -2.34. The van der Waals surface area contributed by atoms with Crippen molar-refractivity contribution in [1.29, 1.82) is 5.26 Å². The third-order valence-electron chi connectivity index (χ3n) is 4.87. The van der Waals surface area contributed by atoms with Crippen molar-refractivity contribution < 1.29 is 18.3 Å². The summed E-state index contributed by atoms with van der Waals surface area (Å²) in [6.45, 7) is 10.9. The van der Waals surface area contributed by atoms with Crippen LogP contribution in [0.2, 0.25) is 0 Å². The smallest absolute Gasteiger partial charge is 0.343 e. The number of nitriles is 1. The number of unbranched alkanes of at least 4 members (excludes halogenated alkanes) is 2. The molecule has 1 heterocycles. The maximum atomic E-state index is 14.0. The normalized spacial score (nSPS) is 16.9. The Hall–Kier alpha value is -1.80. The van der Waals surface area contributed by atoms with Crippen molar-refractivity contribution in [1.82, 2.24) is 0 Å². The lowest BCUT2D eigenvalue weighted by molar-refractivity contribution is 0.193. The van der Waals surface area contributed by atoms with Gasteiger partial charge in [-0.2, -0.15) is 5.26 Å². The first kappa shape index (κ1) is 23.5. The van der Waals surface area contributed by atoms with E-state index in [1.54, 1.807) is 0 Å². The molecule has 1 aliphatic heterocycles. The lowest BCUT2D eigenvalue weighted by Crippen LogP contribution is -2.25. The predicted molar refractivity (Wildman–Crippen MR) is 115 cm³/mol. The van der Waals surface area contributed by atoms with Crippen LogP contribution in [0.1, 0.15) is 77.1 Å². The van der Waals surface area contributed by atoms with E-state index in [0.29, 0.717) is 24.5 Å². The number of nitrogens with zero attached hydrogens (tertiary/aromatic N) is 1. The molecule has 0 aromatic heterocycles. The van der Waals surface area contributed by atoms with E-state index in [1.807, 2.05) is 32.0 Å². The number of rotatable bonds is 9. The molecule has 0 radical (unpaired) electrons. The third-order valence-corrected chi connectivity index (χ3v) is 7.13. The van der Waals surface area contributed by atoms with Gasteiger partial charge in [-0.05, 0) is 18.3 Å². The van der Waals surface area contributed by atoms with Crippen LogP contribution in [-0.4, -0.2) is 13.2 Å². The van der Waals surface area contributed by atoms with Gasteiger partial charge in [-0.15, -0.1) is 0 Å². The highest BCUT2D eigenvalue weighted by Gasteiger charge is 2.46. The average Bonchev–Trinajstić information content (AvgIpc) is 2.66. The fraction of sp³-hybridized carbons (Fsp3) is 0.591. The van der Waals surface area contributed by atoms with Crippen LogP contribution in [-0.2, 0) is 19.0 Å². The van der Waals surface area contributed by atoms with Gasteiger partial charge in [0.2, 0.25) is 5.88 Å². The quantitative estimate of drug-likeness (QED) is 0.392. The van der Waals surface area contributed by atoms with E-state index < -0.39 is 13.3 Å². The maximum absolute atomic E-state index is 14.0. The molecular formula is C22H33N2O4P. The lowest BCUT2D eigenvalue weighted by atomic mass is 9.84. The molecule has 0 saturated carbocycles. The van der Waals surface area contributed by atoms with E-state index >= 15 is 0 Å². The fourth-order valence-electron chi connectivity index (χ4n) is 3.23. The van der Waals surface area contributed by atoms with Crippen molar-refractivity contribution in [3.8, 4) is 11.8 Å². The molecule has 2 N–H and O–H groups in total. The van der Waals surface area contributed by atoms with Gasteiger partial charge >= 0.3 is 7.60 Å². The van der Waals surface area contributed by atoms with Crippen molar-refractivity contribution >= 4 is 7.60 Å². The third kappa shape index (κ3) is 5.22. The molecule has 29 heavy (non-hydrogen) atoms. The zero-order valence-corrected chi connectivity index (χ0v) is 19.1. The molecule has 1 aromatic carbocycles. The summed E-state index contributed by atoms with van der Waals surface area (Å²) in [6.07, 6.45) is 3.30. The van der Waals surface area contributed by atoms with E-state index in [2.05, 4.69) is 26.8 Å². The highest BCUT2D eigenvalue weighted by atomic mass is 31.2. The number of hydrogen-bond donors (Lipinski definition) is 1. The standard InChI is InChI=1S/C22H33N2O4P/c1-6-8-13-26-29(25,27-14-9-7-2)20-16-11-10-12-18(22(3,4)5)19(16)28-21(24)17(20)15-23/h10-12,20H,6-9,13-14,24H2,1-5H3. The Morgan fingerprint density at radius 3 is 2.24 bits per heavy atom. The highest BCUT2D eigenvalue weighted by molar-refractivity contribution is 7.54. The Morgan fingerprint density at radius 1 is 1.17 bits per heavy atom. The topological polar surface area (TPSA) is 94.6 Å². The summed E-state index contributed by atoms with van der Waals surface area (Å²) in [5.41, 5.74) is 6.64. The molecule has 0 bridgehead atoms. The molecule has 160 valence electrons. The number of hydrogen-bond acceptors (Lipinski definition) is 6. The Labute approximate surface area is 174 Å². The predicted octanol–water partition coefficient (Wildman–Crippen LogP) is 5.94. The number of para-hydroxylation sites is 1. The number of allylic oxidation sites excluding steroid dienone is 1. The largest absolute Gasteiger partial charge is 0.440 e. The van der Waals surface area contributed by atoms with Gasteiger partial charge in [0, 0.05) is 11.1 Å². The molecule has 0 fully saturated rings. The van der Waals surface area contributed by atoms with Gasteiger partial charge in [0.05, 0.1) is 13.2 Å². The van der Waals surface area contributed by atoms with Crippen LogP contribution in [0, 0.1) is 11.3 Å². The van der Waals surface area contributed by atoms with Crippen LogP contribution < -0.4 is 10.5 Å². The summed E-state index contributed by atoms with van der Waals surface area (Å²) in [7, 11) is -3.71. The maximum Gasteiger partial charge on any atom is 0.343 e. The minimum Gasteiger partial charge on any atom is -0.440 e. The molecule has 7 heteroatoms. The van der Waals surface area contributed by atoms with Crippen molar-refractivity contribution in [3.05, 3.63) is 40.8 Å². The molecule has 1 aromatic rings. The summed E-state index contributed by atoms with van der Waals surface area (Å²) in [6, 6.07) is 7.75. The van der Waals surface area contributed by atoms with Crippen molar-refractivity contribution in [3.63, 3.8) is 0 Å². The second-order valence-corrected chi connectivity index (χ2v) is 10.4. The number of nitrogens with two attached hydrogens (primary N) is 1. The Morgan fingerprint density at radius 2 is 1.76 bits per heavy atom. The second kappa shape index (κ2) is 9.80. The summed E-state index contributed by atoms with van der Waals surface area (Å²) in [5.74, 6) is 0.500. The van der Waals surface area contributed by atoms with Crippen molar-refractivity contribution in [2.75, 3.05) is 13.2 Å². The first-order valence-electron chi connectivity index (χ1n) is 10.3. The number of ether oxygens (including phenoxy) is 1. The van der Waals surface area contributed by atoms with E-state index in [0.717, 1.165) is 31.2 Å². The molecular weight excluding hydrogens is 387 g/mol. The summed E-state index contributed by atoms with van der Waals surface area (Å²) in [4.78, 5) is 0. The zero-order chi connectivity index (χ0) is 21.7. The monoisotopic (exact) mass is 420 g/mol. The molecule has 6 nitrogen and oxygen atoms in total. The van der Waals surface area contributed by atoms with Crippen LogP contribution in [0.25, 0.3) is 0 Å².